The van der Waals surface area contributed by atoms with Gasteiger partial charge in [0.2, 0.25) is 0 Å². The molecule has 0 spiro atoms. The number of alkyl halides is 1. The molecule has 0 aromatic rings. The monoisotopic (exact) mass is 532 g/mol. The van der Waals surface area contributed by atoms with Gasteiger partial charge in [0.05, 0.1) is 23.7 Å². The number of carbonyl (C=O) groups excluding carboxylic acids is 3. The third kappa shape index (κ3) is 11.1. The minimum absolute atomic E-state index is 0.000394. The molecule has 36 heavy (non-hydrogen) atoms. The summed E-state index contributed by atoms with van der Waals surface area (Å²) in [5.41, 5.74) is -2.72. The molecule has 1 N–H and O–H groups in total. The van der Waals surface area contributed by atoms with Crippen molar-refractivity contribution in [1.82, 2.24) is 0 Å². The van der Waals surface area contributed by atoms with Gasteiger partial charge < -0.3 is 19.3 Å². The maximum atomic E-state index is 12.1. The summed E-state index contributed by atoms with van der Waals surface area (Å²) in [6.07, 6.45) is 8.37. The molecule has 0 amide bonds. The van der Waals surface area contributed by atoms with Crippen LogP contribution in [0.25, 0.3) is 0 Å². The van der Waals surface area contributed by atoms with E-state index in [1.807, 2.05) is 20.8 Å². The summed E-state index contributed by atoms with van der Waals surface area (Å²) in [4.78, 5) is 47.2. The molecule has 0 radical (unpaired) electrons. The summed E-state index contributed by atoms with van der Waals surface area (Å²) in [5.74, 6) is -1.97. The third-order valence-electron chi connectivity index (χ3n) is 6.50. The Morgan fingerprint density at radius 3 is 1.39 bits per heavy atom. The average Bonchev–Trinajstić information content (AvgIpc) is 2.72. The summed E-state index contributed by atoms with van der Waals surface area (Å²) < 4.78 is 15.5. The molecule has 2 aliphatic rings. The maximum Gasteiger partial charge on any atom is 0.313 e. The van der Waals surface area contributed by atoms with Gasteiger partial charge in [0.15, 0.2) is 6.07 Å². The normalized spacial score (nSPS) is 19.2. The predicted molar refractivity (Wildman–Crippen MR) is 136 cm³/mol. The number of aliphatic carboxylic acids is 1. The van der Waals surface area contributed by atoms with Crippen molar-refractivity contribution in [3.05, 3.63) is 0 Å². The molecule has 9 heteroatoms. The first-order valence-corrected chi connectivity index (χ1v) is 13.5. The first kappa shape index (κ1) is 32.2. The van der Waals surface area contributed by atoms with Crippen molar-refractivity contribution >= 4 is 35.5 Å². The molecular weight excluding hydrogens is 488 g/mol. The molecule has 0 aliphatic heterocycles. The molecule has 0 atom stereocenters. The number of esters is 3. The van der Waals surface area contributed by atoms with Gasteiger partial charge in [0.1, 0.15) is 11.2 Å². The van der Waals surface area contributed by atoms with Crippen LogP contribution in [0.2, 0.25) is 0 Å². The quantitative estimate of drug-likeness (QED) is 0.235. The van der Waals surface area contributed by atoms with E-state index in [2.05, 4.69) is 0 Å². The molecule has 0 unspecified atom stereocenters. The van der Waals surface area contributed by atoms with Gasteiger partial charge in [-0.2, -0.15) is 0 Å². The largest absolute Gasteiger partial charge is 0.481 e. The smallest absolute Gasteiger partial charge is 0.313 e. The summed E-state index contributed by atoms with van der Waals surface area (Å²) in [5, 5.41) is 9.33. The molecule has 2 saturated carbocycles. The van der Waals surface area contributed by atoms with Gasteiger partial charge >= 0.3 is 23.9 Å². The van der Waals surface area contributed by atoms with E-state index in [-0.39, 0.29) is 30.8 Å². The Balaban J connectivity index is 0.000000362. The van der Waals surface area contributed by atoms with E-state index in [4.69, 9.17) is 25.8 Å². The first-order chi connectivity index (χ1) is 16.5. The second-order valence-corrected chi connectivity index (χ2v) is 12.3. The summed E-state index contributed by atoms with van der Waals surface area (Å²) in [6, 6.07) is -0.172. The van der Waals surface area contributed by atoms with Crippen LogP contribution in [0.1, 0.15) is 119 Å². The van der Waals surface area contributed by atoms with Crippen LogP contribution >= 0.6 is 11.6 Å². The van der Waals surface area contributed by atoms with Crippen LogP contribution in [0, 0.1) is 10.8 Å². The minimum atomic E-state index is -0.888. The Morgan fingerprint density at radius 2 is 1.06 bits per heavy atom. The van der Waals surface area contributed by atoms with E-state index >= 15 is 0 Å². The molecule has 0 bridgehead atoms. The van der Waals surface area contributed by atoms with Crippen molar-refractivity contribution < 1.29 is 38.5 Å². The van der Waals surface area contributed by atoms with Crippen molar-refractivity contribution in [2.24, 2.45) is 10.8 Å². The van der Waals surface area contributed by atoms with E-state index in [1.165, 1.54) is 0 Å². The highest BCUT2D eigenvalue weighted by Crippen LogP contribution is 2.41. The maximum absolute atomic E-state index is 12.1. The Labute approximate surface area is 220 Å². The standard InChI is InChI=1S/C14H23ClO4.C13H22O4/c1-13(2,3)19-11(16)9-14(12(17)18-10-15)7-5-4-6-8-14;1-12(2,3)17-10(14)9-13(11(15)16)7-5-4-6-8-13/h4-10H2,1-3H3;4-9H2,1-3H3,(H,15,16). The van der Waals surface area contributed by atoms with Crippen LogP contribution in [0.5, 0.6) is 0 Å². The number of carbonyl (C=O) groups is 4. The number of carboxylic acids is 1. The highest BCUT2D eigenvalue weighted by Gasteiger charge is 2.44. The lowest BCUT2D eigenvalue weighted by Gasteiger charge is -2.34. The third-order valence-corrected chi connectivity index (χ3v) is 6.61. The highest BCUT2D eigenvalue weighted by atomic mass is 35.5. The van der Waals surface area contributed by atoms with Gasteiger partial charge in [-0.05, 0) is 67.2 Å². The number of ether oxygens (including phenoxy) is 3. The number of halogens is 1. The minimum Gasteiger partial charge on any atom is -0.481 e. The molecular formula is C27H45ClO8. The van der Waals surface area contributed by atoms with E-state index in [0.29, 0.717) is 25.7 Å². The van der Waals surface area contributed by atoms with Crippen LogP contribution in [-0.2, 0) is 33.4 Å². The summed E-state index contributed by atoms with van der Waals surface area (Å²) in [6.45, 7) is 10.8. The Morgan fingerprint density at radius 1 is 0.694 bits per heavy atom. The molecule has 0 heterocycles. The molecule has 0 aromatic carbocycles. The molecule has 2 rings (SSSR count). The molecule has 0 aromatic heterocycles. The van der Waals surface area contributed by atoms with Crippen LogP contribution in [0.4, 0.5) is 0 Å². The van der Waals surface area contributed by atoms with Gasteiger partial charge in [0, 0.05) is 0 Å². The molecule has 8 nitrogen and oxygen atoms in total. The summed E-state index contributed by atoms with van der Waals surface area (Å²) in [7, 11) is 0. The zero-order valence-electron chi connectivity index (χ0n) is 22.9. The van der Waals surface area contributed by atoms with E-state index in [1.54, 1.807) is 20.8 Å². The summed E-state index contributed by atoms with van der Waals surface area (Å²) >= 11 is 5.46. The SMILES string of the molecule is CC(C)(C)OC(=O)CC1(C(=O)O)CCCCC1.CC(C)(C)OC(=O)CC1(C(=O)OCCl)CCCCC1. The topological polar surface area (TPSA) is 116 Å². The zero-order chi connectivity index (χ0) is 27.6. The van der Waals surface area contributed by atoms with Crippen LogP contribution in [0.15, 0.2) is 0 Å². The van der Waals surface area contributed by atoms with Crippen molar-refractivity contribution in [2.45, 2.75) is 130 Å². The Kier molecular flexibility index (Phi) is 12.2. The van der Waals surface area contributed by atoms with Gasteiger partial charge in [-0.25, -0.2) is 0 Å². The van der Waals surface area contributed by atoms with Crippen molar-refractivity contribution in [2.75, 3.05) is 6.07 Å². The fourth-order valence-electron chi connectivity index (χ4n) is 4.89. The predicted octanol–water partition coefficient (Wildman–Crippen LogP) is 6.16. The number of hydrogen-bond acceptors (Lipinski definition) is 7. The zero-order valence-corrected chi connectivity index (χ0v) is 23.6. The van der Waals surface area contributed by atoms with Crippen LogP contribution in [0.3, 0.4) is 0 Å². The Bertz CT molecular complexity index is 751. The molecule has 0 saturated heterocycles. The van der Waals surface area contributed by atoms with Crippen LogP contribution < -0.4 is 0 Å². The highest BCUT2D eigenvalue weighted by molar-refractivity contribution is 6.17. The number of carboxylic acid groups (broad SMARTS) is 1. The van der Waals surface area contributed by atoms with E-state index < -0.39 is 34.0 Å². The fraction of sp³-hybridized carbons (Fsp3) is 0.852. The lowest BCUT2D eigenvalue weighted by atomic mass is 9.72. The second-order valence-electron chi connectivity index (χ2n) is 12.1. The van der Waals surface area contributed by atoms with Crippen molar-refractivity contribution in [3.8, 4) is 0 Å². The van der Waals surface area contributed by atoms with Crippen molar-refractivity contribution in [1.29, 1.82) is 0 Å². The fourth-order valence-corrected chi connectivity index (χ4v) is 4.99. The first-order valence-electron chi connectivity index (χ1n) is 12.9. The van der Waals surface area contributed by atoms with Gasteiger partial charge in [0.25, 0.3) is 0 Å². The van der Waals surface area contributed by atoms with E-state index in [0.717, 1.165) is 38.5 Å². The van der Waals surface area contributed by atoms with Gasteiger partial charge in [-0.3, -0.25) is 19.2 Å². The number of rotatable bonds is 7. The van der Waals surface area contributed by atoms with E-state index in [9.17, 15) is 24.3 Å². The number of hydrogen-bond donors (Lipinski definition) is 1. The van der Waals surface area contributed by atoms with Crippen molar-refractivity contribution in [3.63, 3.8) is 0 Å². The lowest BCUT2D eigenvalue weighted by molar-refractivity contribution is -0.168. The lowest BCUT2D eigenvalue weighted by Crippen LogP contribution is -2.39. The molecule has 2 aliphatic carbocycles. The molecule has 208 valence electrons. The van der Waals surface area contributed by atoms with Gasteiger partial charge in [-0.15, -0.1) is 0 Å². The molecule has 2 fully saturated rings. The Hall–Kier alpha value is -1.83. The van der Waals surface area contributed by atoms with Crippen LogP contribution in [-0.4, -0.2) is 46.3 Å². The second kappa shape index (κ2) is 13.6. The van der Waals surface area contributed by atoms with Gasteiger partial charge in [-0.1, -0.05) is 50.1 Å². The average molecular weight is 533 g/mol.